The van der Waals surface area contributed by atoms with Gasteiger partial charge in [-0.25, -0.2) is 9.59 Å². The molecule has 182 valence electrons. The predicted molar refractivity (Wildman–Crippen MR) is 135 cm³/mol. The van der Waals surface area contributed by atoms with Crippen LogP contribution in [0.1, 0.15) is 53.2 Å². The Morgan fingerprint density at radius 1 is 0.943 bits per heavy atom. The van der Waals surface area contributed by atoms with Crippen molar-refractivity contribution in [3.8, 4) is 0 Å². The minimum atomic E-state index is -0.714. The maximum atomic E-state index is 13.0. The standard InChI is InChI=1S/C24H20Cl2N2O6S/c1-4-34-23(31)13-5-8-15(9-6-13)27-21(30)19-12(2)18(24(32)33-3)22(35-19)28-20(29)16-10-7-14(25)11-17(16)26/h5-11H,4H2,1-3H3,(H,27,30)(H,28,29). The lowest BCUT2D eigenvalue weighted by atomic mass is 10.1. The fourth-order valence-electron chi connectivity index (χ4n) is 3.10. The molecule has 2 amide bonds. The van der Waals surface area contributed by atoms with E-state index in [4.69, 9.17) is 32.7 Å². The number of ether oxygens (including phenoxy) is 2. The number of anilines is 2. The van der Waals surface area contributed by atoms with Gasteiger partial charge in [-0.05, 0) is 61.9 Å². The van der Waals surface area contributed by atoms with Gasteiger partial charge in [0.05, 0.1) is 40.3 Å². The van der Waals surface area contributed by atoms with E-state index in [0.717, 1.165) is 11.3 Å². The molecule has 0 aliphatic heterocycles. The Bertz CT molecular complexity index is 1300. The van der Waals surface area contributed by atoms with Gasteiger partial charge in [0.15, 0.2) is 0 Å². The number of hydrogen-bond donors (Lipinski definition) is 2. The highest BCUT2D eigenvalue weighted by molar-refractivity contribution is 7.19. The Hall–Kier alpha value is -3.40. The van der Waals surface area contributed by atoms with Crippen molar-refractivity contribution in [2.75, 3.05) is 24.4 Å². The number of methoxy groups -OCH3 is 1. The third-order valence-corrected chi connectivity index (χ3v) is 6.55. The SMILES string of the molecule is CCOC(=O)c1ccc(NC(=O)c2sc(NC(=O)c3ccc(Cl)cc3Cl)c(C(=O)OC)c2C)cc1. The first-order valence-electron chi connectivity index (χ1n) is 10.2. The highest BCUT2D eigenvalue weighted by Gasteiger charge is 2.27. The molecular formula is C24H20Cl2N2O6S. The summed E-state index contributed by atoms with van der Waals surface area (Å²) in [6, 6.07) is 10.5. The topological polar surface area (TPSA) is 111 Å². The van der Waals surface area contributed by atoms with Gasteiger partial charge in [-0.15, -0.1) is 11.3 Å². The highest BCUT2D eigenvalue weighted by atomic mass is 35.5. The second kappa shape index (κ2) is 11.4. The second-order valence-corrected chi connectivity index (χ2v) is 8.95. The zero-order valence-corrected chi connectivity index (χ0v) is 21.2. The monoisotopic (exact) mass is 534 g/mol. The minimum absolute atomic E-state index is 0.0544. The van der Waals surface area contributed by atoms with Crippen molar-refractivity contribution in [1.82, 2.24) is 0 Å². The Kier molecular flexibility index (Phi) is 8.50. The number of amides is 2. The third kappa shape index (κ3) is 6.00. The summed E-state index contributed by atoms with van der Waals surface area (Å²) in [5, 5.41) is 5.98. The number of carbonyl (C=O) groups excluding carboxylic acids is 4. The van der Waals surface area contributed by atoms with Crippen LogP contribution >= 0.6 is 34.5 Å². The number of carbonyl (C=O) groups is 4. The molecule has 1 aromatic heterocycles. The zero-order valence-electron chi connectivity index (χ0n) is 18.9. The number of hydrogen-bond acceptors (Lipinski definition) is 7. The molecule has 3 rings (SSSR count). The fraction of sp³-hybridized carbons (Fsp3) is 0.167. The molecule has 11 heteroatoms. The van der Waals surface area contributed by atoms with E-state index in [1.165, 1.54) is 37.4 Å². The van der Waals surface area contributed by atoms with Gasteiger partial charge in [0, 0.05) is 10.7 Å². The molecule has 0 bridgehead atoms. The van der Waals surface area contributed by atoms with Gasteiger partial charge < -0.3 is 20.1 Å². The van der Waals surface area contributed by atoms with Crippen LogP contribution in [0.5, 0.6) is 0 Å². The molecule has 0 aliphatic carbocycles. The molecule has 0 spiro atoms. The number of esters is 2. The molecule has 2 N–H and O–H groups in total. The Morgan fingerprint density at radius 3 is 2.23 bits per heavy atom. The van der Waals surface area contributed by atoms with Gasteiger partial charge in [0.1, 0.15) is 5.00 Å². The zero-order chi connectivity index (χ0) is 25.7. The summed E-state index contributed by atoms with van der Waals surface area (Å²) in [6.07, 6.45) is 0. The van der Waals surface area contributed by atoms with Crippen LogP contribution in [0.4, 0.5) is 10.7 Å². The third-order valence-electron chi connectivity index (χ3n) is 4.80. The normalized spacial score (nSPS) is 10.4. The number of benzene rings is 2. The van der Waals surface area contributed by atoms with E-state index in [1.54, 1.807) is 26.0 Å². The number of nitrogens with one attached hydrogen (secondary N) is 2. The van der Waals surface area contributed by atoms with E-state index in [1.807, 2.05) is 0 Å². The maximum absolute atomic E-state index is 13.0. The van der Waals surface area contributed by atoms with Crippen LogP contribution < -0.4 is 10.6 Å². The van der Waals surface area contributed by atoms with Crippen molar-refractivity contribution < 1.29 is 28.7 Å². The first kappa shape index (κ1) is 26.2. The van der Waals surface area contributed by atoms with Crippen LogP contribution in [0.2, 0.25) is 10.0 Å². The van der Waals surface area contributed by atoms with Crippen LogP contribution in [0.15, 0.2) is 42.5 Å². The Balaban J connectivity index is 1.87. The van der Waals surface area contributed by atoms with Crippen molar-refractivity contribution in [2.24, 2.45) is 0 Å². The molecule has 0 saturated carbocycles. The smallest absolute Gasteiger partial charge is 0.341 e. The summed E-state index contributed by atoms with van der Waals surface area (Å²) in [6.45, 7) is 3.53. The van der Waals surface area contributed by atoms with Crippen molar-refractivity contribution in [2.45, 2.75) is 13.8 Å². The molecule has 0 saturated heterocycles. The molecule has 1 heterocycles. The lowest BCUT2D eigenvalue weighted by molar-refractivity contribution is 0.0525. The van der Waals surface area contributed by atoms with E-state index >= 15 is 0 Å². The van der Waals surface area contributed by atoms with Crippen molar-refractivity contribution in [1.29, 1.82) is 0 Å². The lowest BCUT2D eigenvalue weighted by Crippen LogP contribution is -2.15. The average Bonchev–Trinajstić information content (AvgIpc) is 3.14. The Labute approximate surface area is 215 Å². The van der Waals surface area contributed by atoms with Crippen LogP contribution in [0.3, 0.4) is 0 Å². The van der Waals surface area contributed by atoms with Crippen LogP contribution in [0, 0.1) is 6.92 Å². The predicted octanol–water partition coefficient (Wildman–Crippen LogP) is 5.83. The Morgan fingerprint density at radius 2 is 1.63 bits per heavy atom. The van der Waals surface area contributed by atoms with Crippen LogP contribution in [0.25, 0.3) is 0 Å². The first-order chi connectivity index (χ1) is 16.7. The van der Waals surface area contributed by atoms with Crippen molar-refractivity contribution in [3.63, 3.8) is 0 Å². The summed E-state index contributed by atoms with van der Waals surface area (Å²) in [4.78, 5) is 50.2. The van der Waals surface area contributed by atoms with Crippen molar-refractivity contribution >= 4 is 69.0 Å². The highest BCUT2D eigenvalue weighted by Crippen LogP contribution is 2.35. The molecule has 0 atom stereocenters. The summed E-state index contributed by atoms with van der Waals surface area (Å²) < 4.78 is 9.79. The van der Waals surface area contributed by atoms with E-state index in [0.29, 0.717) is 21.8 Å². The van der Waals surface area contributed by atoms with Gasteiger partial charge in [-0.1, -0.05) is 23.2 Å². The van der Waals surface area contributed by atoms with Gasteiger partial charge in [0.2, 0.25) is 0 Å². The average molecular weight is 535 g/mol. The maximum Gasteiger partial charge on any atom is 0.341 e. The largest absolute Gasteiger partial charge is 0.465 e. The molecule has 0 unspecified atom stereocenters. The van der Waals surface area contributed by atoms with Gasteiger partial charge >= 0.3 is 11.9 Å². The van der Waals surface area contributed by atoms with Gasteiger partial charge in [-0.3, -0.25) is 9.59 Å². The van der Waals surface area contributed by atoms with Crippen LogP contribution in [-0.2, 0) is 9.47 Å². The van der Waals surface area contributed by atoms with E-state index < -0.39 is 23.8 Å². The molecule has 35 heavy (non-hydrogen) atoms. The first-order valence-corrected chi connectivity index (χ1v) is 11.8. The van der Waals surface area contributed by atoms with E-state index in [-0.39, 0.29) is 32.6 Å². The number of halogens is 2. The molecular weight excluding hydrogens is 515 g/mol. The molecule has 0 radical (unpaired) electrons. The molecule has 2 aromatic carbocycles. The van der Waals surface area contributed by atoms with Crippen molar-refractivity contribution in [3.05, 3.63) is 79.6 Å². The van der Waals surface area contributed by atoms with Gasteiger partial charge in [-0.2, -0.15) is 0 Å². The van der Waals surface area contributed by atoms with E-state index in [9.17, 15) is 19.2 Å². The summed E-state index contributed by atoms with van der Waals surface area (Å²) in [5.74, 6) is -2.27. The van der Waals surface area contributed by atoms with Gasteiger partial charge in [0.25, 0.3) is 11.8 Å². The number of rotatable bonds is 7. The molecule has 0 fully saturated rings. The quantitative estimate of drug-likeness (QED) is 0.369. The molecule has 8 nitrogen and oxygen atoms in total. The lowest BCUT2D eigenvalue weighted by Gasteiger charge is -2.07. The molecule has 3 aromatic rings. The van der Waals surface area contributed by atoms with Crippen LogP contribution in [-0.4, -0.2) is 37.5 Å². The summed E-state index contributed by atoms with van der Waals surface area (Å²) >= 11 is 12.9. The summed E-state index contributed by atoms with van der Waals surface area (Å²) in [7, 11) is 1.20. The summed E-state index contributed by atoms with van der Waals surface area (Å²) in [5.41, 5.74) is 1.30. The molecule has 0 aliphatic rings. The second-order valence-electron chi connectivity index (χ2n) is 7.08. The fourth-order valence-corrected chi connectivity index (χ4v) is 4.68. The minimum Gasteiger partial charge on any atom is -0.465 e. The number of thiophene rings is 1. The van der Waals surface area contributed by atoms with E-state index in [2.05, 4.69) is 10.6 Å².